The molecule has 11 rings (SSSR count). The van der Waals surface area contributed by atoms with Gasteiger partial charge in [-0.05, 0) is 101 Å². The number of likely N-dealkylation sites (tertiary alicyclic amines) is 2. The molecule has 2 spiro atoms. The van der Waals surface area contributed by atoms with Crippen molar-refractivity contribution in [2.45, 2.75) is 111 Å². The highest BCUT2D eigenvalue weighted by Crippen LogP contribution is 2.66. The van der Waals surface area contributed by atoms with Gasteiger partial charge in [0.25, 0.3) is 0 Å². The minimum Gasteiger partial charge on any atom is -0.504 e. The van der Waals surface area contributed by atoms with Gasteiger partial charge in [0.2, 0.25) is 0 Å². The van der Waals surface area contributed by atoms with Gasteiger partial charge in [0.05, 0.1) is 17.1 Å². The molecule has 0 aromatic heterocycles. The molecule has 4 aliphatic heterocycles. The molecule has 2 aromatic carbocycles. The van der Waals surface area contributed by atoms with Crippen LogP contribution in [0.25, 0.3) is 0 Å². The zero-order chi connectivity index (χ0) is 32.0. The molecular weight excluding hydrogens is 596 g/mol. The first-order chi connectivity index (χ1) is 22.7. The lowest BCUT2D eigenvalue weighted by Crippen LogP contribution is -2.77. The average Bonchev–Trinajstić information content (AvgIpc) is 3.58. The number of benzene rings is 2. The van der Waals surface area contributed by atoms with Crippen LogP contribution < -0.4 is 9.47 Å². The molecule has 0 amide bonds. The third kappa shape index (κ3) is 3.47. The molecule has 2 aromatic rings. The van der Waals surface area contributed by atoms with Crippen molar-refractivity contribution in [3.05, 3.63) is 58.7 Å². The van der Waals surface area contributed by atoms with Crippen LogP contribution in [0.15, 0.2) is 36.4 Å². The zero-order valence-corrected chi connectivity index (χ0v) is 27.0. The van der Waals surface area contributed by atoms with Gasteiger partial charge < -0.3 is 39.9 Å². The Balaban J connectivity index is 0.000000124. The van der Waals surface area contributed by atoms with Crippen LogP contribution in [0.1, 0.15) is 67.2 Å². The molecule has 0 unspecified atom stereocenters. The smallest absolute Gasteiger partial charge is 0.165 e. The molecule has 5 N–H and O–H groups in total. The summed E-state index contributed by atoms with van der Waals surface area (Å²) in [6.07, 6.45) is 10.9. The van der Waals surface area contributed by atoms with Crippen LogP contribution >= 0.6 is 0 Å². The van der Waals surface area contributed by atoms with Gasteiger partial charge in [0.15, 0.2) is 23.0 Å². The quantitative estimate of drug-likeness (QED) is 0.315. The Hall–Kier alpha value is -2.82. The zero-order valence-electron chi connectivity index (χ0n) is 27.0. The maximum atomic E-state index is 12.1. The fourth-order valence-corrected chi connectivity index (χ4v) is 12.1. The lowest BCUT2D eigenvalue weighted by molar-refractivity contribution is -0.209. The normalized spacial score (nSPS) is 43.1. The van der Waals surface area contributed by atoms with E-state index in [0.717, 1.165) is 56.8 Å². The number of phenolic OH excluding ortho intramolecular Hbond substituents is 2. The molecule has 10 atom stereocenters. The summed E-state index contributed by atoms with van der Waals surface area (Å²) in [6, 6.07) is 8.02. The highest BCUT2D eigenvalue weighted by molar-refractivity contribution is 5.63. The van der Waals surface area contributed by atoms with Crippen LogP contribution in [0.2, 0.25) is 0 Å². The molecular formula is C38H46N2O7. The van der Waals surface area contributed by atoms with Crippen molar-refractivity contribution in [1.29, 1.82) is 0 Å². The topological polar surface area (TPSA) is 126 Å². The predicted octanol–water partition coefficient (Wildman–Crippen LogP) is 2.91. The summed E-state index contributed by atoms with van der Waals surface area (Å²) in [5.41, 5.74) is 3.00. The van der Waals surface area contributed by atoms with Gasteiger partial charge in [-0.15, -0.1) is 0 Å². The van der Waals surface area contributed by atoms with Gasteiger partial charge in [0, 0.05) is 41.1 Å². The lowest BCUT2D eigenvalue weighted by Gasteiger charge is -2.64. The molecule has 4 bridgehead atoms. The van der Waals surface area contributed by atoms with Crippen molar-refractivity contribution >= 4 is 0 Å². The van der Waals surface area contributed by atoms with Gasteiger partial charge in [-0.3, -0.25) is 4.90 Å². The molecule has 5 aliphatic carbocycles. The summed E-state index contributed by atoms with van der Waals surface area (Å²) in [6.45, 7) is 3.03. The monoisotopic (exact) mass is 642 g/mol. The van der Waals surface area contributed by atoms with Crippen molar-refractivity contribution in [3.63, 3.8) is 0 Å². The van der Waals surface area contributed by atoms with Crippen LogP contribution in [-0.2, 0) is 23.7 Å². The van der Waals surface area contributed by atoms with E-state index in [9.17, 15) is 25.5 Å². The van der Waals surface area contributed by atoms with Gasteiger partial charge in [-0.1, -0.05) is 30.7 Å². The Kier molecular flexibility index (Phi) is 5.99. The summed E-state index contributed by atoms with van der Waals surface area (Å²) in [4.78, 5) is 4.96. The van der Waals surface area contributed by atoms with E-state index in [1.54, 1.807) is 12.1 Å². The summed E-state index contributed by atoms with van der Waals surface area (Å²) < 4.78 is 12.2. The minimum absolute atomic E-state index is 0.0819. The molecule has 250 valence electrons. The van der Waals surface area contributed by atoms with E-state index in [1.807, 2.05) is 18.2 Å². The van der Waals surface area contributed by atoms with Gasteiger partial charge in [-0.25, -0.2) is 0 Å². The number of aliphatic hydroxyl groups is 3. The third-order valence-corrected chi connectivity index (χ3v) is 14.4. The SMILES string of the molecule is CN1CC[C@]23c4c5ccc(O)c4O[C@H]2[C@@H](O)C=C[C@H]3[C@H]1C5.Oc1ccc2c3c1O[C@H]1[C@@H](O)CC[C@@]4(O)[C@@H](C2)N(CC2CCC2)CC[C@]314. The second-order valence-electron chi connectivity index (χ2n) is 16.2. The number of ether oxygens (including phenoxy) is 2. The number of hydrogen-bond acceptors (Lipinski definition) is 9. The number of hydrogen-bond donors (Lipinski definition) is 5. The van der Waals surface area contributed by atoms with Crippen LogP contribution in [0.5, 0.6) is 23.0 Å². The van der Waals surface area contributed by atoms with Crippen LogP contribution in [0, 0.1) is 11.8 Å². The second-order valence-corrected chi connectivity index (χ2v) is 16.2. The molecule has 0 radical (unpaired) electrons. The number of aliphatic hydroxyl groups excluding tert-OH is 2. The molecule has 2 saturated carbocycles. The summed E-state index contributed by atoms with van der Waals surface area (Å²) in [5.74, 6) is 2.61. The number of likely N-dealkylation sites (N-methyl/N-ethyl adjacent to an activating group) is 1. The average molecular weight is 643 g/mol. The fourth-order valence-electron chi connectivity index (χ4n) is 12.1. The first kappa shape index (κ1) is 29.1. The summed E-state index contributed by atoms with van der Waals surface area (Å²) >= 11 is 0. The summed E-state index contributed by atoms with van der Waals surface area (Å²) in [7, 11) is 2.19. The highest BCUT2D eigenvalue weighted by Gasteiger charge is 2.73. The highest BCUT2D eigenvalue weighted by atomic mass is 16.5. The molecule has 9 heteroatoms. The van der Waals surface area contributed by atoms with Crippen LogP contribution in [-0.4, -0.2) is 104 Å². The molecule has 2 saturated heterocycles. The Morgan fingerprint density at radius 2 is 1.55 bits per heavy atom. The molecule has 9 aliphatic rings. The van der Waals surface area contributed by atoms with Crippen molar-refractivity contribution in [2.24, 2.45) is 11.8 Å². The van der Waals surface area contributed by atoms with Gasteiger partial charge in [0.1, 0.15) is 18.3 Å². The van der Waals surface area contributed by atoms with E-state index in [1.165, 1.54) is 36.0 Å². The fraction of sp³-hybridized carbons (Fsp3) is 0.632. The van der Waals surface area contributed by atoms with Gasteiger partial charge in [-0.2, -0.15) is 0 Å². The predicted molar refractivity (Wildman–Crippen MR) is 173 cm³/mol. The van der Waals surface area contributed by atoms with Crippen LogP contribution in [0.4, 0.5) is 0 Å². The molecule has 47 heavy (non-hydrogen) atoms. The minimum atomic E-state index is -0.884. The lowest BCUT2D eigenvalue weighted by atomic mass is 9.48. The third-order valence-electron chi connectivity index (χ3n) is 14.4. The van der Waals surface area contributed by atoms with E-state index in [2.05, 4.69) is 22.9 Å². The van der Waals surface area contributed by atoms with Crippen molar-refractivity contribution in [1.82, 2.24) is 9.80 Å². The maximum absolute atomic E-state index is 12.1. The number of rotatable bonds is 2. The molecule has 9 nitrogen and oxygen atoms in total. The number of piperidine rings is 2. The number of phenols is 2. The standard InChI is InChI=1S/C21H27NO4.C17H19NO3/c23-14-5-4-13-10-16-21(25)7-6-15(24)19-20(21,17(13)18(14)26-19)8-9-22(16)11-12-2-1-3-12;1-18-7-6-17-10-3-5-13(20)16(17)21-15-12(19)4-2-9(14(15)17)8-11(10)18/h4-5,12,15-16,19,23-25H,1-3,6-11H2;2-5,10-11,13,16,19-20H,6-8H2,1H3/t15-,16+,19-,20-,21+;10-,11+,13-,16-,17-/m00/s1. The summed E-state index contributed by atoms with van der Waals surface area (Å²) in [5, 5.41) is 53.8. The van der Waals surface area contributed by atoms with E-state index >= 15 is 0 Å². The van der Waals surface area contributed by atoms with E-state index in [0.29, 0.717) is 36.3 Å². The Bertz CT molecular complexity index is 1690. The van der Waals surface area contributed by atoms with Crippen LogP contribution in [0.3, 0.4) is 0 Å². The van der Waals surface area contributed by atoms with E-state index in [4.69, 9.17) is 9.47 Å². The number of nitrogens with zero attached hydrogens (tertiary/aromatic N) is 2. The Labute approximate surface area is 275 Å². The number of aromatic hydroxyl groups is 2. The largest absolute Gasteiger partial charge is 0.504 e. The first-order valence-electron chi connectivity index (χ1n) is 17.9. The van der Waals surface area contributed by atoms with E-state index < -0.39 is 29.3 Å². The van der Waals surface area contributed by atoms with E-state index in [-0.39, 0.29) is 29.1 Å². The Morgan fingerprint density at radius 3 is 2.30 bits per heavy atom. The molecule has 4 fully saturated rings. The van der Waals surface area contributed by atoms with Crippen molar-refractivity contribution in [3.8, 4) is 23.0 Å². The Morgan fingerprint density at radius 1 is 0.830 bits per heavy atom. The molecule has 4 heterocycles. The second kappa shape index (κ2) is 9.66. The first-order valence-corrected chi connectivity index (χ1v) is 17.9. The maximum Gasteiger partial charge on any atom is 0.165 e. The van der Waals surface area contributed by atoms with Crippen molar-refractivity contribution < 1.29 is 35.0 Å². The van der Waals surface area contributed by atoms with Crippen molar-refractivity contribution in [2.75, 3.05) is 26.7 Å². The van der Waals surface area contributed by atoms with Gasteiger partial charge >= 0.3 is 0 Å².